The molecule has 0 unspecified atom stereocenters. The van der Waals surface area contributed by atoms with Gasteiger partial charge in [-0.1, -0.05) is 6.58 Å². The fourth-order valence-corrected chi connectivity index (χ4v) is 3.42. The summed E-state index contributed by atoms with van der Waals surface area (Å²) >= 11 is 0. The Morgan fingerprint density at radius 1 is 1.15 bits per heavy atom. The molecule has 140 valence electrons. The number of aliphatic hydroxyl groups is 1. The quantitative estimate of drug-likeness (QED) is 0.545. The standard InChI is InChI=1S/C16H10F3N3O4S/c1-7(23)15-21-12-3-2-8(4-13(12)27(25,26)22-15)16(24)20-9-5-10(17)14(19)11(18)6-9/h2-6,23H,1H2,(H,20,24)(H,21,22). The van der Waals surface area contributed by atoms with Crippen molar-refractivity contribution in [2.24, 2.45) is 4.40 Å². The molecule has 1 aliphatic heterocycles. The van der Waals surface area contributed by atoms with E-state index in [1.165, 1.54) is 12.1 Å². The van der Waals surface area contributed by atoms with Crippen molar-refractivity contribution in [3.05, 3.63) is 65.7 Å². The van der Waals surface area contributed by atoms with Gasteiger partial charge in [-0.3, -0.25) is 4.79 Å². The molecule has 2 aromatic carbocycles. The summed E-state index contributed by atoms with van der Waals surface area (Å²) in [6.45, 7) is 3.18. The molecular formula is C16H10F3N3O4S. The zero-order chi connectivity index (χ0) is 19.9. The average Bonchev–Trinajstić information content (AvgIpc) is 2.58. The van der Waals surface area contributed by atoms with Gasteiger partial charge < -0.3 is 15.7 Å². The van der Waals surface area contributed by atoms with Crippen LogP contribution in [0.15, 0.2) is 52.0 Å². The number of aliphatic hydroxyl groups excluding tert-OH is 1. The fourth-order valence-electron chi connectivity index (χ4n) is 2.26. The lowest BCUT2D eigenvalue weighted by molar-refractivity contribution is 0.102. The highest BCUT2D eigenvalue weighted by Gasteiger charge is 2.27. The minimum absolute atomic E-state index is 0.0469. The van der Waals surface area contributed by atoms with E-state index >= 15 is 0 Å². The number of amidine groups is 1. The predicted octanol–water partition coefficient (Wildman–Crippen LogP) is 2.94. The van der Waals surface area contributed by atoms with Crippen molar-refractivity contribution in [2.45, 2.75) is 4.90 Å². The molecule has 7 nitrogen and oxygen atoms in total. The second kappa shape index (κ2) is 6.43. The SMILES string of the molecule is C=C(O)C1=NS(=O)(=O)c2cc(C(=O)Nc3cc(F)c(F)c(F)c3)ccc2N1. The number of hydrogen-bond acceptors (Lipinski definition) is 5. The van der Waals surface area contributed by atoms with Crippen LogP contribution in [0.4, 0.5) is 24.5 Å². The van der Waals surface area contributed by atoms with Crippen molar-refractivity contribution in [2.75, 3.05) is 10.6 Å². The van der Waals surface area contributed by atoms with Crippen LogP contribution >= 0.6 is 0 Å². The van der Waals surface area contributed by atoms with Crippen LogP contribution in [0, 0.1) is 17.5 Å². The van der Waals surface area contributed by atoms with Gasteiger partial charge in [-0.25, -0.2) is 13.2 Å². The summed E-state index contributed by atoms with van der Waals surface area (Å²) in [5.41, 5.74) is -0.469. The number of nitrogens with zero attached hydrogens (tertiary/aromatic N) is 1. The monoisotopic (exact) mass is 397 g/mol. The van der Waals surface area contributed by atoms with Crippen molar-refractivity contribution in [3.63, 3.8) is 0 Å². The minimum atomic E-state index is -4.23. The van der Waals surface area contributed by atoms with E-state index in [-0.39, 0.29) is 27.7 Å². The van der Waals surface area contributed by atoms with Crippen molar-refractivity contribution in [1.29, 1.82) is 0 Å². The Morgan fingerprint density at radius 2 is 1.78 bits per heavy atom. The van der Waals surface area contributed by atoms with Gasteiger partial charge in [0, 0.05) is 23.4 Å². The molecule has 0 aliphatic carbocycles. The lowest BCUT2D eigenvalue weighted by Crippen LogP contribution is -2.23. The predicted molar refractivity (Wildman–Crippen MR) is 90.7 cm³/mol. The Labute approximate surface area is 150 Å². The van der Waals surface area contributed by atoms with Crippen molar-refractivity contribution in [3.8, 4) is 0 Å². The number of carbonyl (C=O) groups is 1. The second-order valence-corrected chi connectivity index (χ2v) is 6.98. The van der Waals surface area contributed by atoms with Gasteiger partial charge in [0.15, 0.2) is 29.0 Å². The number of fused-ring (bicyclic) bond motifs is 1. The Morgan fingerprint density at radius 3 is 2.37 bits per heavy atom. The number of hydrogen-bond donors (Lipinski definition) is 3. The third-order valence-corrected chi connectivity index (χ3v) is 4.82. The molecule has 3 rings (SSSR count). The summed E-state index contributed by atoms with van der Waals surface area (Å²) in [5.74, 6) is -6.51. The molecule has 0 bridgehead atoms. The molecule has 1 heterocycles. The third-order valence-electron chi connectivity index (χ3n) is 3.50. The number of anilines is 2. The van der Waals surface area contributed by atoms with Gasteiger partial charge in [-0.15, -0.1) is 4.40 Å². The zero-order valence-corrected chi connectivity index (χ0v) is 14.1. The van der Waals surface area contributed by atoms with Crippen molar-refractivity contribution >= 4 is 33.1 Å². The number of benzene rings is 2. The molecule has 0 spiro atoms. The van der Waals surface area contributed by atoms with Crippen molar-refractivity contribution in [1.82, 2.24) is 0 Å². The van der Waals surface area contributed by atoms with Crippen LogP contribution in [0.3, 0.4) is 0 Å². The first-order valence-electron chi connectivity index (χ1n) is 7.18. The lowest BCUT2D eigenvalue weighted by atomic mass is 10.1. The Bertz CT molecular complexity index is 1110. The van der Waals surface area contributed by atoms with E-state index in [0.717, 1.165) is 6.07 Å². The highest BCUT2D eigenvalue weighted by Crippen LogP contribution is 2.29. The van der Waals surface area contributed by atoms with E-state index in [0.29, 0.717) is 12.1 Å². The van der Waals surface area contributed by atoms with E-state index < -0.39 is 39.1 Å². The maximum Gasteiger partial charge on any atom is 0.286 e. The molecule has 0 fully saturated rings. The van der Waals surface area contributed by atoms with Crippen LogP contribution in [-0.2, 0) is 10.0 Å². The van der Waals surface area contributed by atoms with Gasteiger partial charge in [0.2, 0.25) is 0 Å². The maximum atomic E-state index is 13.2. The summed E-state index contributed by atoms with van der Waals surface area (Å²) < 4.78 is 67.1. The summed E-state index contributed by atoms with van der Waals surface area (Å²) in [4.78, 5) is 11.9. The van der Waals surface area contributed by atoms with Crippen LogP contribution in [0.25, 0.3) is 0 Å². The fraction of sp³-hybridized carbons (Fsp3) is 0. The first-order chi connectivity index (χ1) is 12.6. The molecule has 1 amide bonds. The molecular weight excluding hydrogens is 387 g/mol. The second-order valence-electron chi connectivity index (χ2n) is 5.41. The van der Waals surface area contributed by atoms with Gasteiger partial charge in [-0.05, 0) is 18.2 Å². The van der Waals surface area contributed by atoms with Crippen molar-refractivity contribution < 1.29 is 31.5 Å². The highest BCUT2D eigenvalue weighted by molar-refractivity contribution is 7.90. The van der Waals surface area contributed by atoms with Gasteiger partial charge in [0.1, 0.15) is 4.90 Å². The van der Waals surface area contributed by atoms with Gasteiger partial charge in [0.25, 0.3) is 15.9 Å². The largest absolute Gasteiger partial charge is 0.505 e. The smallest absolute Gasteiger partial charge is 0.286 e. The molecule has 0 atom stereocenters. The summed E-state index contributed by atoms with van der Waals surface area (Å²) in [7, 11) is -4.23. The summed E-state index contributed by atoms with van der Waals surface area (Å²) in [6, 6.07) is 4.62. The molecule has 0 saturated heterocycles. The minimum Gasteiger partial charge on any atom is -0.505 e. The summed E-state index contributed by atoms with van der Waals surface area (Å²) in [6.07, 6.45) is 0. The number of carbonyl (C=O) groups excluding carboxylic acids is 1. The van der Waals surface area contributed by atoms with E-state index in [4.69, 9.17) is 0 Å². The van der Waals surface area contributed by atoms with Gasteiger partial charge >= 0.3 is 0 Å². The molecule has 27 heavy (non-hydrogen) atoms. The van der Waals surface area contributed by atoms with Crippen LogP contribution in [0.5, 0.6) is 0 Å². The van der Waals surface area contributed by atoms with E-state index in [2.05, 4.69) is 21.6 Å². The molecule has 0 radical (unpaired) electrons. The number of halogens is 3. The Balaban J connectivity index is 1.93. The maximum absolute atomic E-state index is 13.2. The molecule has 11 heteroatoms. The first-order valence-corrected chi connectivity index (χ1v) is 8.62. The number of amides is 1. The van der Waals surface area contributed by atoms with E-state index in [1.807, 2.05) is 0 Å². The first kappa shape index (κ1) is 18.5. The topological polar surface area (TPSA) is 108 Å². The van der Waals surface area contributed by atoms with Crippen LogP contribution in [0.2, 0.25) is 0 Å². The molecule has 2 aromatic rings. The normalized spacial score (nSPS) is 14.6. The van der Waals surface area contributed by atoms with Crippen LogP contribution in [-0.4, -0.2) is 25.3 Å². The van der Waals surface area contributed by atoms with Gasteiger partial charge in [0.05, 0.1) is 5.69 Å². The number of nitrogens with one attached hydrogen (secondary N) is 2. The zero-order valence-electron chi connectivity index (χ0n) is 13.3. The highest BCUT2D eigenvalue weighted by atomic mass is 32.2. The number of rotatable bonds is 3. The van der Waals surface area contributed by atoms with Crippen LogP contribution in [0.1, 0.15) is 10.4 Å². The average molecular weight is 397 g/mol. The van der Waals surface area contributed by atoms with Gasteiger partial charge in [-0.2, -0.15) is 8.42 Å². The molecule has 3 N–H and O–H groups in total. The Hall–Kier alpha value is -3.34. The Kier molecular flexibility index (Phi) is 4.39. The molecule has 1 aliphatic rings. The number of sulfonamides is 1. The molecule has 0 saturated carbocycles. The molecule has 0 aromatic heterocycles. The lowest BCUT2D eigenvalue weighted by Gasteiger charge is -2.18. The van der Waals surface area contributed by atoms with Crippen LogP contribution < -0.4 is 10.6 Å². The van der Waals surface area contributed by atoms with E-state index in [9.17, 15) is 31.5 Å². The summed E-state index contributed by atoms with van der Waals surface area (Å²) in [5, 5.41) is 14.0. The van der Waals surface area contributed by atoms with E-state index in [1.54, 1.807) is 0 Å². The third kappa shape index (κ3) is 3.49.